The van der Waals surface area contributed by atoms with E-state index >= 15 is 0 Å². The van der Waals surface area contributed by atoms with Crippen molar-refractivity contribution in [2.45, 2.75) is 125 Å². The van der Waals surface area contributed by atoms with E-state index in [-0.39, 0.29) is 5.41 Å². The van der Waals surface area contributed by atoms with Crippen LogP contribution in [0.2, 0.25) is 0 Å². The van der Waals surface area contributed by atoms with Crippen LogP contribution in [0.25, 0.3) is 0 Å². The van der Waals surface area contributed by atoms with E-state index in [1.165, 1.54) is 44.9 Å². The van der Waals surface area contributed by atoms with Gasteiger partial charge in [-0.15, -0.1) is 0 Å². The SMILES string of the molecule is C=C(CC[C@@H](C)[C@H]1CC[C@@]2(C)[C@@H]3CCC4C(C)(C)[C@@H](OC)CC[C@]4(C)C3=CC[C@]12C)C(C)(C)O. The third-order valence-corrected chi connectivity index (χ3v) is 12.6. The van der Waals surface area contributed by atoms with E-state index in [1.807, 2.05) is 26.5 Å². The van der Waals surface area contributed by atoms with Crippen LogP contribution in [-0.2, 0) is 4.74 Å². The average molecular weight is 471 g/mol. The fourth-order valence-corrected chi connectivity index (χ4v) is 9.99. The molecule has 0 aromatic carbocycles. The average Bonchev–Trinajstić information content (AvgIpc) is 3.02. The minimum atomic E-state index is -0.764. The Kier molecular flexibility index (Phi) is 6.60. The van der Waals surface area contributed by atoms with Crippen molar-refractivity contribution in [2.75, 3.05) is 7.11 Å². The highest BCUT2D eigenvalue weighted by molar-refractivity contribution is 5.32. The van der Waals surface area contributed by atoms with Gasteiger partial charge in [-0.1, -0.05) is 59.8 Å². The molecule has 1 unspecified atom stereocenters. The fraction of sp³-hybridized carbons (Fsp3) is 0.875. The largest absolute Gasteiger partial charge is 0.386 e. The molecule has 0 aromatic rings. The summed E-state index contributed by atoms with van der Waals surface area (Å²) in [5.74, 6) is 2.89. The van der Waals surface area contributed by atoms with Crippen LogP contribution in [0.5, 0.6) is 0 Å². The molecule has 2 heteroatoms. The number of ether oxygens (including phenoxy) is 1. The van der Waals surface area contributed by atoms with Gasteiger partial charge in [0.05, 0.1) is 11.7 Å². The van der Waals surface area contributed by atoms with E-state index in [0.29, 0.717) is 28.3 Å². The Balaban J connectivity index is 1.59. The van der Waals surface area contributed by atoms with E-state index in [2.05, 4.69) is 54.2 Å². The quantitative estimate of drug-likeness (QED) is 0.395. The summed E-state index contributed by atoms with van der Waals surface area (Å²) in [6.45, 7) is 23.3. The second-order valence-corrected chi connectivity index (χ2v) is 14.7. The van der Waals surface area contributed by atoms with Crippen molar-refractivity contribution in [1.29, 1.82) is 0 Å². The number of aliphatic hydroxyl groups is 1. The second-order valence-electron chi connectivity index (χ2n) is 14.7. The lowest BCUT2D eigenvalue weighted by molar-refractivity contribution is -0.130. The van der Waals surface area contributed by atoms with Crippen molar-refractivity contribution < 1.29 is 9.84 Å². The maximum atomic E-state index is 10.3. The maximum Gasteiger partial charge on any atom is 0.0798 e. The third-order valence-electron chi connectivity index (χ3n) is 12.6. The molecule has 0 amide bonds. The number of rotatable bonds is 6. The van der Waals surface area contributed by atoms with E-state index in [9.17, 15) is 5.11 Å². The van der Waals surface area contributed by atoms with Crippen LogP contribution in [0.3, 0.4) is 0 Å². The Hall–Kier alpha value is -0.600. The van der Waals surface area contributed by atoms with E-state index < -0.39 is 5.60 Å². The Morgan fingerprint density at radius 2 is 1.76 bits per heavy atom. The minimum absolute atomic E-state index is 0.241. The van der Waals surface area contributed by atoms with Crippen LogP contribution in [0.15, 0.2) is 23.8 Å². The number of hydrogen-bond donors (Lipinski definition) is 1. The van der Waals surface area contributed by atoms with Gasteiger partial charge in [-0.3, -0.25) is 0 Å². The summed E-state index contributed by atoms with van der Waals surface area (Å²) >= 11 is 0. The van der Waals surface area contributed by atoms with Gasteiger partial charge in [-0.2, -0.15) is 0 Å². The van der Waals surface area contributed by atoms with Crippen LogP contribution in [0.4, 0.5) is 0 Å². The molecule has 8 atom stereocenters. The molecule has 2 nitrogen and oxygen atoms in total. The van der Waals surface area contributed by atoms with Gasteiger partial charge in [0.25, 0.3) is 0 Å². The Labute approximate surface area is 211 Å². The molecule has 3 fully saturated rings. The van der Waals surface area contributed by atoms with Crippen molar-refractivity contribution in [3.05, 3.63) is 23.8 Å². The molecule has 0 spiro atoms. The highest BCUT2D eigenvalue weighted by Crippen LogP contribution is 2.73. The molecule has 0 bridgehead atoms. The van der Waals surface area contributed by atoms with Crippen molar-refractivity contribution in [1.82, 2.24) is 0 Å². The van der Waals surface area contributed by atoms with Crippen molar-refractivity contribution in [2.24, 2.45) is 45.3 Å². The van der Waals surface area contributed by atoms with Gasteiger partial charge in [0.15, 0.2) is 0 Å². The monoisotopic (exact) mass is 470 g/mol. The maximum absolute atomic E-state index is 10.3. The van der Waals surface area contributed by atoms with Crippen LogP contribution in [-0.4, -0.2) is 23.9 Å². The zero-order valence-electron chi connectivity index (χ0n) is 23.9. The summed E-state index contributed by atoms with van der Waals surface area (Å²) < 4.78 is 6.00. The lowest BCUT2D eigenvalue weighted by Gasteiger charge is -2.64. The van der Waals surface area contributed by atoms with Crippen LogP contribution in [0.1, 0.15) is 113 Å². The van der Waals surface area contributed by atoms with Crippen LogP contribution >= 0.6 is 0 Å². The Morgan fingerprint density at radius 3 is 2.38 bits per heavy atom. The molecule has 4 aliphatic rings. The number of fused-ring (bicyclic) bond motifs is 5. The molecular weight excluding hydrogens is 416 g/mol. The van der Waals surface area contributed by atoms with Crippen molar-refractivity contribution in [3.63, 3.8) is 0 Å². The molecule has 3 saturated carbocycles. The standard InChI is InChI=1S/C32H54O2/c1-21(11-12-22(2)29(5,6)33)23-15-19-32(9)25-13-14-26-28(3,4)27(34-10)17-18-30(26,7)24(25)16-20-31(23,32)8/h16,21,23,25-27,33H,2,11-15,17-20H2,1,3-10H3/t21-,23-,25-,26?,27+,30-,31-,32+/m1/s1. The summed E-state index contributed by atoms with van der Waals surface area (Å²) in [6, 6.07) is 0. The second kappa shape index (κ2) is 8.47. The molecule has 194 valence electrons. The lowest BCUT2D eigenvalue weighted by Crippen LogP contribution is -2.58. The molecule has 0 saturated heterocycles. The third kappa shape index (κ3) is 3.71. The summed E-state index contributed by atoms with van der Waals surface area (Å²) in [7, 11) is 1.92. The summed E-state index contributed by atoms with van der Waals surface area (Å²) in [5.41, 5.74) is 3.40. The molecular formula is C32H54O2. The zero-order valence-corrected chi connectivity index (χ0v) is 23.9. The molecule has 34 heavy (non-hydrogen) atoms. The fourth-order valence-electron chi connectivity index (χ4n) is 9.99. The van der Waals surface area contributed by atoms with E-state index in [0.717, 1.165) is 36.2 Å². The highest BCUT2D eigenvalue weighted by Gasteiger charge is 2.65. The molecule has 0 radical (unpaired) electrons. The molecule has 0 aliphatic heterocycles. The molecule has 4 rings (SSSR count). The van der Waals surface area contributed by atoms with Gasteiger partial charge >= 0.3 is 0 Å². The molecule has 0 aromatic heterocycles. The number of hydrogen-bond acceptors (Lipinski definition) is 2. The van der Waals surface area contributed by atoms with E-state index in [1.54, 1.807) is 0 Å². The first-order chi connectivity index (χ1) is 15.6. The minimum Gasteiger partial charge on any atom is -0.386 e. The molecule has 1 N–H and O–H groups in total. The topological polar surface area (TPSA) is 29.5 Å². The van der Waals surface area contributed by atoms with Gasteiger partial charge in [0, 0.05) is 7.11 Å². The highest BCUT2D eigenvalue weighted by atomic mass is 16.5. The van der Waals surface area contributed by atoms with Gasteiger partial charge in [-0.05, 0) is 123 Å². The van der Waals surface area contributed by atoms with Crippen molar-refractivity contribution in [3.8, 4) is 0 Å². The van der Waals surface area contributed by atoms with Crippen LogP contribution in [0, 0.1) is 45.3 Å². The predicted molar refractivity (Wildman–Crippen MR) is 144 cm³/mol. The Morgan fingerprint density at radius 1 is 1.09 bits per heavy atom. The summed E-state index contributed by atoms with van der Waals surface area (Å²) in [6.07, 6.45) is 14.4. The van der Waals surface area contributed by atoms with Crippen molar-refractivity contribution >= 4 is 0 Å². The zero-order chi connectivity index (χ0) is 25.3. The number of methoxy groups -OCH3 is 1. The summed E-state index contributed by atoms with van der Waals surface area (Å²) in [5, 5.41) is 10.3. The molecule has 0 heterocycles. The van der Waals surface area contributed by atoms with Gasteiger partial charge in [-0.25, -0.2) is 0 Å². The molecule has 4 aliphatic carbocycles. The smallest absolute Gasteiger partial charge is 0.0798 e. The van der Waals surface area contributed by atoms with Crippen LogP contribution < -0.4 is 0 Å². The Bertz CT molecular complexity index is 830. The van der Waals surface area contributed by atoms with Gasteiger partial charge in [0.1, 0.15) is 0 Å². The predicted octanol–water partition coefficient (Wildman–Crippen LogP) is 8.35. The first-order valence-electron chi connectivity index (χ1n) is 14.3. The number of allylic oxidation sites excluding steroid dienone is 2. The first kappa shape index (κ1) is 26.5. The normalized spacial score (nSPS) is 44.5. The van der Waals surface area contributed by atoms with E-state index in [4.69, 9.17) is 4.74 Å². The summed E-state index contributed by atoms with van der Waals surface area (Å²) in [4.78, 5) is 0. The first-order valence-corrected chi connectivity index (χ1v) is 14.3. The lowest BCUT2D eigenvalue weighted by atomic mass is 9.41. The van der Waals surface area contributed by atoms with Gasteiger partial charge < -0.3 is 9.84 Å². The van der Waals surface area contributed by atoms with Gasteiger partial charge in [0.2, 0.25) is 0 Å².